The minimum absolute atomic E-state index is 0.0510. The lowest BCUT2D eigenvalue weighted by atomic mass is 10.2. The van der Waals surface area contributed by atoms with Crippen molar-refractivity contribution in [2.24, 2.45) is 0 Å². The van der Waals surface area contributed by atoms with Gasteiger partial charge in [0.1, 0.15) is 6.20 Å². The number of hydrogen-bond acceptors (Lipinski definition) is 5. The monoisotopic (exact) mass is 223 g/mol. The third-order valence-corrected chi connectivity index (χ3v) is 1.89. The lowest BCUT2D eigenvalue weighted by Crippen LogP contribution is -2.03. The third kappa shape index (κ3) is 3.03. The van der Waals surface area contributed by atoms with Gasteiger partial charge in [-0.1, -0.05) is 12.2 Å². The first-order valence-electron chi connectivity index (χ1n) is 4.68. The molecule has 86 valence electrons. The van der Waals surface area contributed by atoms with Crippen molar-refractivity contribution in [1.82, 2.24) is 10.3 Å². The first-order chi connectivity index (χ1) is 7.69. The summed E-state index contributed by atoms with van der Waals surface area (Å²) in [6.45, 7) is 0.672. The molecule has 0 radical (unpaired) electrons. The molecule has 6 nitrogen and oxygen atoms in total. The Morgan fingerprint density at radius 2 is 2.44 bits per heavy atom. The van der Waals surface area contributed by atoms with Crippen LogP contribution in [0.3, 0.4) is 0 Å². The molecule has 0 unspecified atom stereocenters. The summed E-state index contributed by atoms with van der Waals surface area (Å²) in [4.78, 5) is 13.9. The van der Waals surface area contributed by atoms with Gasteiger partial charge in [-0.2, -0.15) is 0 Å². The Bertz CT molecular complexity index is 404. The second-order valence-electron chi connectivity index (χ2n) is 3.01. The Morgan fingerprint density at radius 1 is 1.69 bits per heavy atom. The van der Waals surface area contributed by atoms with Crippen LogP contribution in [0.5, 0.6) is 5.88 Å². The highest BCUT2D eigenvalue weighted by molar-refractivity contribution is 5.58. The molecule has 0 aliphatic carbocycles. The van der Waals surface area contributed by atoms with Crippen LogP contribution in [0.4, 0.5) is 5.69 Å². The second-order valence-corrected chi connectivity index (χ2v) is 3.01. The maximum Gasteiger partial charge on any atom is 0.288 e. The van der Waals surface area contributed by atoms with Crippen LogP contribution in [0.2, 0.25) is 0 Å². The van der Waals surface area contributed by atoms with Gasteiger partial charge in [0.2, 0.25) is 5.88 Å². The van der Waals surface area contributed by atoms with Crippen LogP contribution in [0, 0.1) is 10.1 Å². The Hall–Kier alpha value is -1.95. The lowest BCUT2D eigenvalue weighted by molar-refractivity contribution is -0.385. The van der Waals surface area contributed by atoms with E-state index in [0.717, 1.165) is 0 Å². The summed E-state index contributed by atoms with van der Waals surface area (Å²) in [6.07, 6.45) is 4.74. The number of ether oxygens (including phenoxy) is 1. The van der Waals surface area contributed by atoms with Crippen molar-refractivity contribution in [2.75, 3.05) is 20.7 Å². The topological polar surface area (TPSA) is 77.3 Å². The van der Waals surface area contributed by atoms with E-state index in [1.165, 1.54) is 19.4 Å². The summed E-state index contributed by atoms with van der Waals surface area (Å²) in [5.41, 5.74) is 0.539. The van der Waals surface area contributed by atoms with Gasteiger partial charge in [-0.3, -0.25) is 10.1 Å². The normalized spacial score (nSPS) is 10.6. The van der Waals surface area contributed by atoms with Gasteiger partial charge in [-0.05, 0) is 7.05 Å². The second kappa shape index (κ2) is 5.82. The van der Waals surface area contributed by atoms with Crippen molar-refractivity contribution < 1.29 is 9.66 Å². The number of hydrogen-bond donors (Lipinski definition) is 1. The molecule has 1 heterocycles. The molecule has 0 saturated heterocycles. The van der Waals surface area contributed by atoms with Crippen molar-refractivity contribution in [3.63, 3.8) is 0 Å². The highest BCUT2D eigenvalue weighted by Gasteiger charge is 2.10. The molecule has 0 bridgehead atoms. The molecule has 1 aromatic heterocycles. The van der Waals surface area contributed by atoms with Gasteiger partial charge in [0.15, 0.2) is 0 Å². The van der Waals surface area contributed by atoms with E-state index in [-0.39, 0.29) is 5.69 Å². The van der Waals surface area contributed by atoms with Crippen LogP contribution in [0.25, 0.3) is 6.08 Å². The molecular weight excluding hydrogens is 210 g/mol. The number of pyridine rings is 1. The number of methoxy groups -OCH3 is 1. The fourth-order valence-corrected chi connectivity index (χ4v) is 1.15. The summed E-state index contributed by atoms with van der Waals surface area (Å²) in [5, 5.41) is 13.5. The van der Waals surface area contributed by atoms with E-state index in [0.29, 0.717) is 18.0 Å². The molecule has 1 aromatic rings. The van der Waals surface area contributed by atoms with Gasteiger partial charge in [-0.15, -0.1) is 0 Å². The van der Waals surface area contributed by atoms with Crippen LogP contribution in [0.1, 0.15) is 5.56 Å². The van der Waals surface area contributed by atoms with E-state index in [4.69, 9.17) is 4.74 Å². The molecule has 0 aliphatic heterocycles. The van der Waals surface area contributed by atoms with Crippen LogP contribution >= 0.6 is 0 Å². The van der Waals surface area contributed by atoms with Crippen molar-refractivity contribution in [3.8, 4) is 5.88 Å². The number of aromatic nitrogens is 1. The average Bonchev–Trinajstić information content (AvgIpc) is 2.29. The van der Waals surface area contributed by atoms with Gasteiger partial charge in [0, 0.05) is 18.2 Å². The fraction of sp³-hybridized carbons (Fsp3) is 0.300. The molecule has 16 heavy (non-hydrogen) atoms. The van der Waals surface area contributed by atoms with E-state index in [9.17, 15) is 10.1 Å². The van der Waals surface area contributed by atoms with E-state index in [1.807, 2.05) is 13.1 Å². The summed E-state index contributed by atoms with van der Waals surface area (Å²) < 4.78 is 5.01. The summed E-state index contributed by atoms with van der Waals surface area (Å²) in [5.74, 6) is 0.373. The first kappa shape index (κ1) is 12.1. The van der Waals surface area contributed by atoms with E-state index < -0.39 is 4.92 Å². The summed E-state index contributed by atoms with van der Waals surface area (Å²) in [7, 11) is 3.29. The Kier molecular flexibility index (Phi) is 4.41. The average molecular weight is 223 g/mol. The van der Waals surface area contributed by atoms with E-state index in [2.05, 4.69) is 10.3 Å². The largest absolute Gasteiger partial charge is 0.481 e. The molecule has 0 fully saturated rings. The third-order valence-electron chi connectivity index (χ3n) is 1.89. The first-order valence-corrected chi connectivity index (χ1v) is 4.68. The van der Waals surface area contributed by atoms with Gasteiger partial charge in [-0.25, -0.2) is 4.98 Å². The molecule has 0 atom stereocenters. The van der Waals surface area contributed by atoms with Crippen molar-refractivity contribution >= 4 is 11.8 Å². The minimum atomic E-state index is -0.484. The molecule has 1 rings (SSSR count). The molecule has 6 heteroatoms. The maximum atomic E-state index is 10.6. The number of nitro groups is 1. The predicted octanol–water partition coefficient (Wildman–Crippen LogP) is 1.23. The van der Waals surface area contributed by atoms with Gasteiger partial charge >= 0.3 is 0 Å². The predicted molar refractivity (Wildman–Crippen MR) is 60.4 cm³/mol. The molecular formula is C10H13N3O3. The van der Waals surface area contributed by atoms with Crippen LogP contribution in [0.15, 0.2) is 18.3 Å². The van der Waals surface area contributed by atoms with Gasteiger partial charge in [0.25, 0.3) is 5.69 Å². The SMILES string of the molecule is CNCC=Cc1cc([N+](=O)[O-])cnc1OC. The van der Waals surface area contributed by atoms with Crippen molar-refractivity contribution in [1.29, 1.82) is 0 Å². The quantitative estimate of drug-likeness (QED) is 0.600. The number of nitrogens with one attached hydrogen (secondary N) is 1. The lowest BCUT2D eigenvalue weighted by Gasteiger charge is -2.02. The molecule has 0 aromatic carbocycles. The number of likely N-dealkylation sites (N-methyl/N-ethyl adjacent to an activating group) is 1. The molecule has 0 saturated carbocycles. The van der Waals surface area contributed by atoms with E-state index >= 15 is 0 Å². The molecule has 0 spiro atoms. The van der Waals surface area contributed by atoms with Gasteiger partial charge in [0.05, 0.1) is 12.0 Å². The Labute approximate surface area is 93.1 Å². The zero-order valence-electron chi connectivity index (χ0n) is 9.14. The van der Waals surface area contributed by atoms with Crippen LogP contribution < -0.4 is 10.1 Å². The summed E-state index contributed by atoms with van der Waals surface area (Å²) >= 11 is 0. The number of nitrogens with zero attached hydrogens (tertiary/aromatic N) is 2. The van der Waals surface area contributed by atoms with Crippen molar-refractivity contribution in [2.45, 2.75) is 0 Å². The van der Waals surface area contributed by atoms with Crippen LogP contribution in [-0.2, 0) is 0 Å². The Balaban J connectivity index is 3.02. The zero-order valence-corrected chi connectivity index (χ0v) is 9.14. The minimum Gasteiger partial charge on any atom is -0.481 e. The molecule has 0 amide bonds. The van der Waals surface area contributed by atoms with Crippen LogP contribution in [-0.4, -0.2) is 30.6 Å². The molecule has 1 N–H and O–H groups in total. The highest BCUT2D eigenvalue weighted by Crippen LogP contribution is 2.21. The standard InChI is InChI=1S/C10H13N3O3/c1-11-5-3-4-8-6-9(13(14)15)7-12-10(8)16-2/h3-4,6-7,11H,5H2,1-2H3. The zero-order chi connectivity index (χ0) is 12.0. The number of rotatable bonds is 5. The van der Waals surface area contributed by atoms with Crippen molar-refractivity contribution in [3.05, 3.63) is 34.0 Å². The molecule has 0 aliphatic rings. The Morgan fingerprint density at radius 3 is 3.00 bits per heavy atom. The highest BCUT2D eigenvalue weighted by atomic mass is 16.6. The van der Waals surface area contributed by atoms with E-state index in [1.54, 1.807) is 6.08 Å². The van der Waals surface area contributed by atoms with Gasteiger partial charge < -0.3 is 10.1 Å². The smallest absolute Gasteiger partial charge is 0.288 e. The maximum absolute atomic E-state index is 10.6. The summed E-state index contributed by atoms with van der Waals surface area (Å²) in [6, 6.07) is 1.43. The fourth-order valence-electron chi connectivity index (χ4n) is 1.15.